The fourth-order valence-electron chi connectivity index (χ4n) is 6.08. The summed E-state index contributed by atoms with van der Waals surface area (Å²) in [4.78, 5) is 29.1. The summed E-state index contributed by atoms with van der Waals surface area (Å²) < 4.78 is 6.50. The van der Waals surface area contributed by atoms with Gasteiger partial charge < -0.3 is 19.6 Å². The van der Waals surface area contributed by atoms with Gasteiger partial charge >= 0.3 is 5.97 Å². The number of rotatable bonds is 1. The van der Waals surface area contributed by atoms with E-state index in [2.05, 4.69) is 23.1 Å². The second-order valence-electron chi connectivity index (χ2n) is 10.7. The van der Waals surface area contributed by atoms with E-state index in [1.165, 1.54) is 11.1 Å². The van der Waals surface area contributed by atoms with Gasteiger partial charge in [-0.15, -0.1) is 0 Å². The third-order valence-electron chi connectivity index (χ3n) is 8.16. The lowest BCUT2D eigenvalue weighted by atomic mass is 9.70. The highest BCUT2D eigenvalue weighted by Gasteiger charge is 2.42. The smallest absolute Gasteiger partial charge is 0.311 e. The number of hydrogen-bond acceptors (Lipinski definition) is 4. The molecule has 37 heavy (non-hydrogen) atoms. The molecule has 3 aliphatic rings. The first-order chi connectivity index (χ1) is 17.9. The van der Waals surface area contributed by atoms with E-state index < -0.39 is 11.9 Å². The van der Waals surface area contributed by atoms with E-state index in [-0.39, 0.29) is 17.7 Å². The number of carboxylic acids is 1. The Labute approximate surface area is 223 Å². The number of aliphatic carboxylic acids is 1. The number of hydrogen-bond donors (Lipinski definition) is 1. The van der Waals surface area contributed by atoms with Crippen LogP contribution in [0.4, 0.5) is 5.69 Å². The summed E-state index contributed by atoms with van der Waals surface area (Å²) in [5.41, 5.74) is 4.01. The molecule has 7 heteroatoms. The number of likely N-dealkylation sites (N-methyl/N-ethyl adjacent to an activating group) is 1. The molecular weight excluding hydrogens is 488 g/mol. The fourth-order valence-corrected chi connectivity index (χ4v) is 6.27. The van der Waals surface area contributed by atoms with Crippen LogP contribution in [0.2, 0.25) is 5.02 Å². The molecule has 0 radical (unpaired) electrons. The zero-order valence-electron chi connectivity index (χ0n) is 21.4. The van der Waals surface area contributed by atoms with Crippen LogP contribution in [0.1, 0.15) is 61.1 Å². The highest BCUT2D eigenvalue weighted by atomic mass is 35.5. The molecule has 6 nitrogen and oxygen atoms in total. The molecule has 0 saturated carbocycles. The molecule has 2 heterocycles. The molecule has 1 aliphatic carbocycles. The molecule has 2 atom stereocenters. The third kappa shape index (κ3) is 5.35. The van der Waals surface area contributed by atoms with Crippen LogP contribution in [0.15, 0.2) is 48.6 Å². The Balaban J connectivity index is 1.55. The molecular formula is C30H35ClN2O4. The van der Waals surface area contributed by atoms with Crippen LogP contribution in [0, 0.1) is 0 Å². The Morgan fingerprint density at radius 1 is 1.14 bits per heavy atom. The van der Waals surface area contributed by atoms with Crippen LogP contribution in [0.25, 0.3) is 0 Å². The Kier molecular flexibility index (Phi) is 7.47. The largest absolute Gasteiger partial charge is 0.490 e. The van der Waals surface area contributed by atoms with E-state index in [1.54, 1.807) is 11.9 Å². The van der Waals surface area contributed by atoms with Crippen molar-refractivity contribution in [3.8, 4) is 5.75 Å². The molecule has 0 fully saturated rings. The van der Waals surface area contributed by atoms with Crippen molar-refractivity contribution in [2.75, 3.05) is 38.2 Å². The number of halogens is 1. The zero-order chi connectivity index (χ0) is 26.0. The second-order valence-corrected chi connectivity index (χ2v) is 11.1. The minimum Gasteiger partial charge on any atom is -0.490 e. The van der Waals surface area contributed by atoms with E-state index in [1.807, 2.05) is 30.3 Å². The van der Waals surface area contributed by atoms with Crippen LogP contribution in [-0.4, -0.2) is 55.2 Å². The van der Waals surface area contributed by atoms with Gasteiger partial charge in [0.25, 0.3) is 0 Å². The van der Waals surface area contributed by atoms with Gasteiger partial charge in [-0.3, -0.25) is 9.59 Å². The summed E-state index contributed by atoms with van der Waals surface area (Å²) in [7, 11) is 1.73. The number of ether oxygens (including phenoxy) is 1. The van der Waals surface area contributed by atoms with Crippen LogP contribution in [0.5, 0.6) is 5.75 Å². The maximum absolute atomic E-state index is 12.8. The van der Waals surface area contributed by atoms with E-state index in [4.69, 9.17) is 16.3 Å². The van der Waals surface area contributed by atoms with Gasteiger partial charge in [0.05, 0.1) is 18.2 Å². The minimum atomic E-state index is -0.989. The number of carbonyl (C=O) groups excluding carboxylic acids is 1. The molecule has 1 unspecified atom stereocenters. The highest BCUT2D eigenvalue weighted by Crippen LogP contribution is 2.45. The summed E-state index contributed by atoms with van der Waals surface area (Å²) in [6.45, 7) is 2.71. The summed E-state index contributed by atoms with van der Waals surface area (Å²) >= 11 is 6.35. The number of nitrogens with zero attached hydrogens (tertiary/aromatic N) is 2. The lowest BCUT2D eigenvalue weighted by Gasteiger charge is -2.41. The number of carboxylic acid groups (broad SMARTS) is 1. The number of amides is 1. The quantitative estimate of drug-likeness (QED) is 0.496. The Hall–Kier alpha value is -2.99. The van der Waals surface area contributed by atoms with Crippen molar-refractivity contribution in [3.05, 3.63) is 70.3 Å². The van der Waals surface area contributed by atoms with E-state index in [0.29, 0.717) is 18.7 Å². The third-order valence-corrected chi connectivity index (χ3v) is 8.40. The number of carbonyl (C=O) groups is 2. The zero-order valence-corrected chi connectivity index (χ0v) is 22.2. The number of benzene rings is 2. The SMILES string of the molecule is CN1C/C=C\CCCCN2C[C@@]3(CCCc4cc(Cl)ccc43)COc3ccc(cc32)C(C(=O)O)CC1=O. The number of allylic oxidation sites excluding steroid dienone is 1. The van der Waals surface area contributed by atoms with Gasteiger partial charge in [-0.25, -0.2) is 0 Å². The molecule has 1 amide bonds. The summed E-state index contributed by atoms with van der Waals surface area (Å²) in [6, 6.07) is 11.9. The molecule has 2 aliphatic heterocycles. The number of anilines is 1. The van der Waals surface area contributed by atoms with E-state index in [9.17, 15) is 14.7 Å². The number of aryl methyl sites for hydroxylation is 1. The summed E-state index contributed by atoms with van der Waals surface area (Å²) in [5.74, 6) is -1.30. The summed E-state index contributed by atoms with van der Waals surface area (Å²) in [5, 5.41) is 10.8. The van der Waals surface area contributed by atoms with Crippen molar-refractivity contribution in [3.63, 3.8) is 0 Å². The molecule has 196 valence electrons. The normalized spacial score (nSPS) is 25.4. The van der Waals surface area contributed by atoms with E-state index >= 15 is 0 Å². The van der Waals surface area contributed by atoms with Crippen LogP contribution in [0.3, 0.4) is 0 Å². The fraction of sp³-hybridized carbons (Fsp3) is 0.467. The molecule has 5 rings (SSSR count). The topological polar surface area (TPSA) is 70.1 Å². The van der Waals surface area contributed by atoms with Crippen molar-refractivity contribution in [2.24, 2.45) is 0 Å². The molecule has 0 aromatic heterocycles. The Morgan fingerprint density at radius 2 is 2.00 bits per heavy atom. The standard InChI is InChI=1S/C30H35ClN2O4/c1-32-14-5-3-2-4-6-15-33-19-30(13-7-8-22-16-23(31)10-11-25(22)30)20-37-27-12-9-21(17-26(27)33)24(29(35)36)18-28(32)34/h3,5,9-12,16-17,24H,2,4,6-8,13-15,18-20H2,1H3,(H,35,36)/b5-3-/t24?,30-/m0/s1. The molecule has 1 N–H and O–H groups in total. The molecule has 2 aromatic carbocycles. The van der Waals surface area contributed by atoms with Gasteiger partial charge in [0.1, 0.15) is 5.75 Å². The lowest BCUT2D eigenvalue weighted by Crippen LogP contribution is -2.46. The van der Waals surface area contributed by atoms with Crippen molar-refractivity contribution in [1.82, 2.24) is 4.90 Å². The van der Waals surface area contributed by atoms with Gasteiger partial charge in [0, 0.05) is 43.5 Å². The Morgan fingerprint density at radius 3 is 2.84 bits per heavy atom. The molecule has 2 aromatic rings. The van der Waals surface area contributed by atoms with Gasteiger partial charge in [0.15, 0.2) is 0 Å². The second kappa shape index (κ2) is 10.8. The minimum absolute atomic E-state index is 0.0720. The first-order valence-electron chi connectivity index (χ1n) is 13.3. The predicted molar refractivity (Wildman–Crippen MR) is 146 cm³/mol. The average Bonchev–Trinajstić information content (AvgIpc) is 3.03. The van der Waals surface area contributed by atoms with Gasteiger partial charge in [0.2, 0.25) is 5.91 Å². The Bertz CT molecular complexity index is 1210. The first kappa shape index (κ1) is 25.7. The van der Waals surface area contributed by atoms with Crippen molar-refractivity contribution < 1.29 is 19.4 Å². The molecule has 1 spiro atoms. The maximum Gasteiger partial charge on any atom is 0.311 e. The van der Waals surface area contributed by atoms with Gasteiger partial charge in [-0.2, -0.15) is 0 Å². The monoisotopic (exact) mass is 522 g/mol. The van der Waals surface area contributed by atoms with E-state index in [0.717, 1.165) is 68.1 Å². The van der Waals surface area contributed by atoms with Crippen molar-refractivity contribution in [1.29, 1.82) is 0 Å². The van der Waals surface area contributed by atoms with Crippen LogP contribution in [-0.2, 0) is 21.4 Å². The maximum atomic E-state index is 12.8. The average molecular weight is 523 g/mol. The highest BCUT2D eigenvalue weighted by molar-refractivity contribution is 6.30. The van der Waals surface area contributed by atoms with Crippen LogP contribution < -0.4 is 9.64 Å². The summed E-state index contributed by atoms with van der Waals surface area (Å²) in [6.07, 6.45) is 10.2. The van der Waals surface area contributed by atoms with Crippen molar-refractivity contribution >= 4 is 29.2 Å². The van der Waals surface area contributed by atoms with Gasteiger partial charge in [-0.1, -0.05) is 35.9 Å². The predicted octanol–water partition coefficient (Wildman–Crippen LogP) is 5.57. The van der Waals surface area contributed by atoms with Crippen molar-refractivity contribution in [2.45, 2.75) is 56.3 Å². The first-order valence-corrected chi connectivity index (χ1v) is 13.7. The number of fused-ring (bicyclic) bond motifs is 3. The molecule has 2 bridgehead atoms. The molecule has 0 saturated heterocycles. The van der Waals surface area contributed by atoms with Gasteiger partial charge in [-0.05, 0) is 79.5 Å². The lowest BCUT2D eigenvalue weighted by molar-refractivity contribution is -0.142. The van der Waals surface area contributed by atoms with Crippen LogP contribution >= 0.6 is 11.6 Å².